The van der Waals surface area contributed by atoms with Gasteiger partial charge in [-0.2, -0.15) is 7.82 Å². The second-order valence-electron chi connectivity index (χ2n) is 0.447. The van der Waals surface area contributed by atoms with Crippen molar-refractivity contribution in [1.29, 1.82) is 0 Å². The fourth-order valence-corrected chi connectivity index (χ4v) is 0. The summed E-state index contributed by atoms with van der Waals surface area (Å²) in [5.41, 5.74) is 0. The van der Waals surface area contributed by atoms with Gasteiger partial charge in [-0.05, 0) is 0 Å². The third-order valence-corrected chi connectivity index (χ3v) is 0. The van der Waals surface area contributed by atoms with Crippen molar-refractivity contribution in [2.24, 2.45) is 0 Å². The van der Waals surface area contributed by atoms with Gasteiger partial charge in [0, 0.05) is 0 Å². The van der Waals surface area contributed by atoms with Crippen LogP contribution in [0.25, 0.3) is 0 Å². The Morgan fingerprint density at radius 3 is 0.571 bits per heavy atom. The van der Waals surface area contributed by atoms with E-state index >= 15 is 0 Å². The molecule has 0 unspecified atom stereocenters. The van der Waals surface area contributed by atoms with Gasteiger partial charge < -0.3 is 63.1 Å². The zero-order valence-electron chi connectivity index (χ0n) is 7.08. The van der Waals surface area contributed by atoms with Crippen LogP contribution in [0.3, 0.4) is 0 Å². The van der Waals surface area contributed by atoms with Gasteiger partial charge in [-0.1, -0.05) is 0 Å². The smallest absolute Gasteiger partial charge is 0.822 e. The molecule has 0 aliphatic carbocycles. The maximum absolute atomic E-state index is 8.55. The average molecular weight is 278 g/mol. The molecule has 0 aliphatic heterocycles. The third kappa shape index (κ3) is 1020. The van der Waals surface area contributed by atoms with Crippen LogP contribution >= 0.6 is 7.82 Å². The van der Waals surface area contributed by atoms with E-state index < -0.39 is 7.82 Å². The number of hydrogen-bond donors (Lipinski definition) is 0. The summed E-state index contributed by atoms with van der Waals surface area (Å²) in [6.45, 7) is 0. The van der Waals surface area contributed by atoms with E-state index in [2.05, 4.69) is 0 Å². The van der Waals surface area contributed by atoms with Gasteiger partial charge in [-0.25, -0.2) is 0 Å². The molecule has 0 aromatic heterocycles. The largest absolute Gasteiger partial charge is 1.00 e. The first-order valence-electron chi connectivity index (χ1n) is 0.730. The predicted octanol–water partition coefficient (Wildman–Crippen LogP) is -12.4. The summed E-state index contributed by atoms with van der Waals surface area (Å²) < 4.78 is 8.55. The number of rotatable bonds is 0. The van der Waals surface area contributed by atoms with Crippen molar-refractivity contribution in [3.8, 4) is 0 Å². The van der Waals surface area contributed by atoms with Crippen LogP contribution < -0.4 is 66.1 Å². The first kappa shape index (κ1) is 109. The third-order valence-electron chi connectivity index (χ3n) is 0. The van der Waals surface area contributed by atoms with Crippen LogP contribution in [-0.2, 0) is 4.57 Å². The standard InChI is InChI=1S/K.H3O4P.8H2O/c;1-5(2,3)4;;;;;;;;/h;(H3,1,2,3,4);8*1H2/q+1;;;;;;;;;/p-3. The minimum Gasteiger partial charge on any atom is -0.822 e. The Morgan fingerprint density at radius 2 is 0.571 bits per heavy atom. The number of phosphoric acid groups is 1. The van der Waals surface area contributed by atoms with Crippen LogP contribution in [0.2, 0.25) is 0 Å². The summed E-state index contributed by atoms with van der Waals surface area (Å²) in [5, 5.41) is 0. The molecule has 96 valence electrons. The average Bonchev–Trinajstić information content (AvgIpc) is 0.722. The molecule has 0 aromatic carbocycles. The van der Waals surface area contributed by atoms with Gasteiger partial charge in [-0.3, -0.25) is 0 Å². The van der Waals surface area contributed by atoms with E-state index in [1.165, 1.54) is 0 Å². The van der Waals surface area contributed by atoms with Gasteiger partial charge in [0.1, 0.15) is 0 Å². The molecule has 14 heteroatoms. The molecular formula is H16KO12P-2. The molecule has 0 spiro atoms. The first-order chi connectivity index (χ1) is 2.00. The van der Waals surface area contributed by atoms with Gasteiger partial charge in [0.15, 0.2) is 0 Å². The summed E-state index contributed by atoms with van der Waals surface area (Å²) >= 11 is 0. The first-order valence-corrected chi connectivity index (χ1v) is 2.19. The fourth-order valence-electron chi connectivity index (χ4n) is 0. The van der Waals surface area contributed by atoms with Crippen LogP contribution in [-0.4, -0.2) is 43.8 Å². The molecule has 0 aromatic rings. The monoisotopic (exact) mass is 278 g/mol. The van der Waals surface area contributed by atoms with E-state index in [9.17, 15) is 0 Å². The van der Waals surface area contributed by atoms with Crippen LogP contribution in [0, 0.1) is 0 Å². The van der Waals surface area contributed by atoms with E-state index in [4.69, 9.17) is 19.2 Å². The zero-order chi connectivity index (χ0) is 4.50. The van der Waals surface area contributed by atoms with Crippen molar-refractivity contribution in [2.45, 2.75) is 0 Å². The van der Waals surface area contributed by atoms with Crippen LogP contribution in [0.1, 0.15) is 0 Å². The minimum atomic E-state index is -5.39. The Hall–Kier alpha value is 1.43. The van der Waals surface area contributed by atoms with Crippen molar-refractivity contribution in [3.05, 3.63) is 0 Å². The Balaban J connectivity index is -0.00000000222. The van der Waals surface area contributed by atoms with Gasteiger partial charge in [0.25, 0.3) is 0 Å². The summed E-state index contributed by atoms with van der Waals surface area (Å²) in [5.74, 6) is 0. The molecule has 0 rings (SSSR count). The van der Waals surface area contributed by atoms with Gasteiger partial charge in [-0.15, -0.1) is 0 Å². The Bertz CT molecular complexity index is 56.5. The normalized spacial score (nSPS) is 4.21. The van der Waals surface area contributed by atoms with Crippen molar-refractivity contribution in [1.82, 2.24) is 0 Å². The molecule has 12 nitrogen and oxygen atoms in total. The Kier molecular flexibility index (Phi) is 367. The molecule has 14 heavy (non-hydrogen) atoms. The Morgan fingerprint density at radius 1 is 0.571 bits per heavy atom. The topological polar surface area (TPSA) is 338 Å². The molecule has 0 aliphatic rings. The molecule has 0 saturated carbocycles. The van der Waals surface area contributed by atoms with Gasteiger partial charge in [0.2, 0.25) is 0 Å². The van der Waals surface area contributed by atoms with E-state index in [0.29, 0.717) is 0 Å². The predicted molar refractivity (Wildman–Crippen MR) is 36.5 cm³/mol. The van der Waals surface area contributed by atoms with Crippen molar-refractivity contribution >= 4 is 7.82 Å². The molecule has 0 atom stereocenters. The number of hydrogen-bond acceptors (Lipinski definition) is 4. The zero-order valence-corrected chi connectivity index (χ0v) is 11.1. The van der Waals surface area contributed by atoms with Crippen LogP contribution in [0.15, 0.2) is 0 Å². The second kappa shape index (κ2) is 47.2. The van der Waals surface area contributed by atoms with Gasteiger partial charge in [0.05, 0.1) is 0 Å². The minimum absolute atomic E-state index is 0. The van der Waals surface area contributed by atoms with E-state index in [-0.39, 0.29) is 95.2 Å². The fraction of sp³-hybridized carbons (Fsp3) is 0. The SMILES string of the molecule is O.O.O.O.O.O.O.O.O=P([O-])([O-])[O-].[K+]. The van der Waals surface area contributed by atoms with E-state index in [0.717, 1.165) is 0 Å². The molecule has 0 fully saturated rings. The van der Waals surface area contributed by atoms with E-state index in [1.807, 2.05) is 0 Å². The van der Waals surface area contributed by atoms with Gasteiger partial charge >= 0.3 is 51.4 Å². The molecular weight excluding hydrogens is 262 g/mol. The molecule has 0 amide bonds. The van der Waals surface area contributed by atoms with Crippen molar-refractivity contribution < 1.29 is 114 Å². The molecule has 16 N–H and O–H groups in total. The summed E-state index contributed by atoms with van der Waals surface area (Å²) in [4.78, 5) is 25.6. The quantitative estimate of drug-likeness (QED) is 0.307. The summed E-state index contributed by atoms with van der Waals surface area (Å²) in [6, 6.07) is 0. The second-order valence-corrected chi connectivity index (χ2v) is 1.34. The molecule has 0 saturated heterocycles. The van der Waals surface area contributed by atoms with Crippen molar-refractivity contribution in [2.75, 3.05) is 0 Å². The Labute approximate surface area is 121 Å². The van der Waals surface area contributed by atoms with Crippen LogP contribution in [0.4, 0.5) is 0 Å². The maximum atomic E-state index is 8.55. The summed E-state index contributed by atoms with van der Waals surface area (Å²) in [6.07, 6.45) is 0. The maximum Gasteiger partial charge on any atom is 1.00 e. The molecule has 0 heterocycles. The molecule has 0 radical (unpaired) electrons. The van der Waals surface area contributed by atoms with Crippen LogP contribution in [0.5, 0.6) is 0 Å². The van der Waals surface area contributed by atoms with E-state index in [1.54, 1.807) is 0 Å². The molecule has 0 bridgehead atoms. The van der Waals surface area contributed by atoms with Crippen molar-refractivity contribution in [3.63, 3.8) is 0 Å². The summed E-state index contributed by atoms with van der Waals surface area (Å²) in [7, 11) is -5.39.